The molecular formula is C17H20N2O2. The number of ether oxygens (including phenoxy) is 1. The number of nitrogens with one attached hydrogen (secondary N) is 1. The molecule has 0 fully saturated rings. The second-order valence-electron chi connectivity index (χ2n) is 5.04. The molecule has 2 rings (SSSR count). The largest absolute Gasteiger partial charge is 0.494 e. The van der Waals surface area contributed by atoms with Gasteiger partial charge in [0.05, 0.1) is 6.61 Å². The third kappa shape index (κ3) is 5.26. The summed E-state index contributed by atoms with van der Waals surface area (Å²) in [6.07, 6.45) is 2.78. The minimum absolute atomic E-state index is 0.0408. The molecule has 1 amide bonds. The maximum atomic E-state index is 11.8. The fourth-order valence-electron chi connectivity index (χ4n) is 1.94. The standard InChI is InChI=1S/C17H20N2O2/c1-13-5-3-6-15(11-13)21-10-4-7-17(20)19-16-12-14(2)8-9-18-16/h3,5-6,8-9,11-12H,4,7,10H2,1-2H3,(H,18,19,20). The number of anilines is 1. The SMILES string of the molecule is Cc1cccc(OCCCC(=O)Nc2cc(C)ccn2)c1. The van der Waals surface area contributed by atoms with Crippen LogP contribution in [-0.4, -0.2) is 17.5 Å². The quantitative estimate of drug-likeness (QED) is 0.826. The summed E-state index contributed by atoms with van der Waals surface area (Å²) in [5.41, 5.74) is 2.24. The molecule has 1 heterocycles. The van der Waals surface area contributed by atoms with Gasteiger partial charge in [0, 0.05) is 12.6 Å². The number of aryl methyl sites for hydroxylation is 2. The molecule has 110 valence electrons. The van der Waals surface area contributed by atoms with Gasteiger partial charge in [-0.15, -0.1) is 0 Å². The Morgan fingerprint density at radius 1 is 1.19 bits per heavy atom. The average molecular weight is 284 g/mol. The number of pyridine rings is 1. The molecule has 0 aliphatic rings. The summed E-state index contributed by atoms with van der Waals surface area (Å²) in [6.45, 7) is 4.51. The third-order valence-electron chi connectivity index (χ3n) is 2.99. The second-order valence-corrected chi connectivity index (χ2v) is 5.04. The summed E-state index contributed by atoms with van der Waals surface area (Å²) in [5, 5.41) is 2.78. The van der Waals surface area contributed by atoms with Crippen molar-refractivity contribution in [2.45, 2.75) is 26.7 Å². The van der Waals surface area contributed by atoms with E-state index in [4.69, 9.17) is 4.74 Å². The van der Waals surface area contributed by atoms with Crippen LogP contribution in [0.3, 0.4) is 0 Å². The average Bonchev–Trinajstić information content (AvgIpc) is 2.44. The van der Waals surface area contributed by atoms with E-state index in [-0.39, 0.29) is 5.91 Å². The predicted molar refractivity (Wildman–Crippen MR) is 83.5 cm³/mol. The molecule has 4 nitrogen and oxygen atoms in total. The molecule has 1 aromatic carbocycles. The van der Waals surface area contributed by atoms with Crippen LogP contribution in [0.1, 0.15) is 24.0 Å². The highest BCUT2D eigenvalue weighted by Crippen LogP contribution is 2.13. The molecule has 0 aliphatic carbocycles. The topological polar surface area (TPSA) is 51.2 Å². The van der Waals surface area contributed by atoms with Gasteiger partial charge in [-0.25, -0.2) is 4.98 Å². The van der Waals surface area contributed by atoms with Crippen LogP contribution in [0.2, 0.25) is 0 Å². The Morgan fingerprint density at radius 2 is 2.00 bits per heavy atom. The first-order chi connectivity index (χ1) is 10.1. The van der Waals surface area contributed by atoms with Gasteiger partial charge in [0.2, 0.25) is 5.91 Å². The Hall–Kier alpha value is -2.36. The van der Waals surface area contributed by atoms with Crippen molar-refractivity contribution in [3.05, 3.63) is 53.7 Å². The van der Waals surface area contributed by atoms with Crippen molar-refractivity contribution in [2.75, 3.05) is 11.9 Å². The number of carbonyl (C=O) groups is 1. The first-order valence-electron chi connectivity index (χ1n) is 7.05. The van der Waals surface area contributed by atoms with Gasteiger partial charge in [-0.2, -0.15) is 0 Å². The van der Waals surface area contributed by atoms with E-state index in [2.05, 4.69) is 10.3 Å². The zero-order chi connectivity index (χ0) is 15.1. The van der Waals surface area contributed by atoms with Gasteiger partial charge in [-0.3, -0.25) is 4.79 Å². The molecule has 0 radical (unpaired) electrons. The zero-order valence-electron chi connectivity index (χ0n) is 12.4. The van der Waals surface area contributed by atoms with Crippen molar-refractivity contribution < 1.29 is 9.53 Å². The minimum atomic E-state index is -0.0408. The smallest absolute Gasteiger partial charge is 0.225 e. The lowest BCUT2D eigenvalue weighted by Gasteiger charge is -2.07. The van der Waals surface area contributed by atoms with Gasteiger partial charge in [0.25, 0.3) is 0 Å². The van der Waals surface area contributed by atoms with E-state index < -0.39 is 0 Å². The fourth-order valence-corrected chi connectivity index (χ4v) is 1.94. The lowest BCUT2D eigenvalue weighted by molar-refractivity contribution is -0.116. The Labute approximate surface area is 125 Å². The number of amides is 1. The van der Waals surface area contributed by atoms with Gasteiger partial charge < -0.3 is 10.1 Å². The lowest BCUT2D eigenvalue weighted by Crippen LogP contribution is -2.13. The molecule has 0 unspecified atom stereocenters. The monoisotopic (exact) mass is 284 g/mol. The highest BCUT2D eigenvalue weighted by molar-refractivity contribution is 5.89. The fraction of sp³-hybridized carbons (Fsp3) is 0.294. The molecule has 0 saturated carbocycles. The van der Waals surface area contributed by atoms with Gasteiger partial charge in [0.1, 0.15) is 11.6 Å². The summed E-state index contributed by atoms with van der Waals surface area (Å²) in [4.78, 5) is 15.9. The molecule has 0 bridgehead atoms. The summed E-state index contributed by atoms with van der Waals surface area (Å²) in [5.74, 6) is 1.40. The van der Waals surface area contributed by atoms with Crippen molar-refractivity contribution in [1.29, 1.82) is 0 Å². The maximum absolute atomic E-state index is 11.8. The Kier molecular flexibility index (Phi) is 5.32. The van der Waals surface area contributed by atoms with Crippen molar-refractivity contribution in [3.8, 4) is 5.75 Å². The Bertz CT molecular complexity index is 611. The van der Waals surface area contributed by atoms with Crippen LogP contribution in [0.5, 0.6) is 5.75 Å². The van der Waals surface area contributed by atoms with E-state index >= 15 is 0 Å². The van der Waals surface area contributed by atoms with Gasteiger partial charge in [-0.05, 0) is 55.7 Å². The highest BCUT2D eigenvalue weighted by atomic mass is 16.5. The first-order valence-corrected chi connectivity index (χ1v) is 7.05. The van der Waals surface area contributed by atoms with E-state index in [0.717, 1.165) is 16.9 Å². The highest BCUT2D eigenvalue weighted by Gasteiger charge is 2.03. The molecule has 1 N–H and O–H groups in total. The van der Waals surface area contributed by atoms with Gasteiger partial charge in [0.15, 0.2) is 0 Å². The molecule has 2 aromatic rings. The summed E-state index contributed by atoms with van der Waals surface area (Å²) in [6, 6.07) is 11.6. The van der Waals surface area contributed by atoms with Crippen LogP contribution in [0, 0.1) is 13.8 Å². The Balaban J connectivity index is 1.70. The molecule has 1 aromatic heterocycles. The molecule has 0 saturated heterocycles. The summed E-state index contributed by atoms with van der Waals surface area (Å²) in [7, 11) is 0. The molecule has 21 heavy (non-hydrogen) atoms. The molecule has 4 heteroatoms. The second kappa shape index (κ2) is 7.43. The number of rotatable bonds is 6. The van der Waals surface area contributed by atoms with Crippen molar-refractivity contribution in [1.82, 2.24) is 4.98 Å². The van der Waals surface area contributed by atoms with Crippen LogP contribution in [0.25, 0.3) is 0 Å². The molecule has 0 aliphatic heterocycles. The number of carbonyl (C=O) groups excluding carboxylic acids is 1. The van der Waals surface area contributed by atoms with Crippen LogP contribution < -0.4 is 10.1 Å². The molecular weight excluding hydrogens is 264 g/mol. The van der Waals surface area contributed by atoms with Crippen LogP contribution in [0.15, 0.2) is 42.6 Å². The zero-order valence-corrected chi connectivity index (χ0v) is 12.4. The van der Waals surface area contributed by atoms with Crippen LogP contribution >= 0.6 is 0 Å². The van der Waals surface area contributed by atoms with E-state index in [1.165, 1.54) is 0 Å². The maximum Gasteiger partial charge on any atom is 0.225 e. The summed E-state index contributed by atoms with van der Waals surface area (Å²) >= 11 is 0. The van der Waals surface area contributed by atoms with E-state index in [9.17, 15) is 4.79 Å². The van der Waals surface area contributed by atoms with Gasteiger partial charge >= 0.3 is 0 Å². The van der Waals surface area contributed by atoms with E-state index in [1.54, 1.807) is 6.20 Å². The van der Waals surface area contributed by atoms with Crippen molar-refractivity contribution in [2.24, 2.45) is 0 Å². The molecule has 0 atom stereocenters. The minimum Gasteiger partial charge on any atom is -0.494 e. The number of aromatic nitrogens is 1. The van der Waals surface area contributed by atoms with E-state index in [1.807, 2.05) is 50.2 Å². The van der Waals surface area contributed by atoms with E-state index in [0.29, 0.717) is 25.3 Å². The number of nitrogens with zero attached hydrogens (tertiary/aromatic N) is 1. The first kappa shape index (κ1) is 15.0. The third-order valence-corrected chi connectivity index (χ3v) is 2.99. The van der Waals surface area contributed by atoms with Crippen molar-refractivity contribution >= 4 is 11.7 Å². The lowest BCUT2D eigenvalue weighted by atomic mass is 10.2. The number of benzene rings is 1. The van der Waals surface area contributed by atoms with Gasteiger partial charge in [-0.1, -0.05) is 12.1 Å². The summed E-state index contributed by atoms with van der Waals surface area (Å²) < 4.78 is 5.61. The number of hydrogen-bond donors (Lipinski definition) is 1. The van der Waals surface area contributed by atoms with Crippen LogP contribution in [0.4, 0.5) is 5.82 Å². The number of hydrogen-bond acceptors (Lipinski definition) is 3. The Morgan fingerprint density at radius 3 is 2.76 bits per heavy atom. The molecule has 0 spiro atoms. The predicted octanol–water partition coefficient (Wildman–Crippen LogP) is 3.50. The van der Waals surface area contributed by atoms with Crippen LogP contribution in [-0.2, 0) is 4.79 Å². The normalized spacial score (nSPS) is 10.2. The van der Waals surface area contributed by atoms with Crippen molar-refractivity contribution in [3.63, 3.8) is 0 Å².